The van der Waals surface area contributed by atoms with Crippen LogP contribution >= 0.6 is 39.5 Å². The van der Waals surface area contributed by atoms with Crippen molar-refractivity contribution in [1.29, 1.82) is 0 Å². The molecule has 0 spiro atoms. The highest BCUT2D eigenvalue weighted by Crippen LogP contribution is 2.30. The number of hydrazine groups is 1. The third kappa shape index (κ3) is 3.74. The number of hydrogen-bond donors (Lipinski definition) is 2. The molecule has 2 unspecified atom stereocenters. The molecule has 0 radical (unpaired) electrons. The lowest BCUT2D eigenvalue weighted by atomic mass is 10.1. The Morgan fingerprint density at radius 3 is 2.85 bits per heavy atom. The van der Waals surface area contributed by atoms with Gasteiger partial charge in [-0.05, 0) is 29.3 Å². The Kier molecular flexibility index (Phi) is 6.74. The second-order valence-corrected chi connectivity index (χ2v) is 8.13. The molecule has 1 saturated heterocycles. The summed E-state index contributed by atoms with van der Waals surface area (Å²) in [6.07, 6.45) is 1.88. The molecule has 3 N–H and O–H groups in total. The summed E-state index contributed by atoms with van der Waals surface area (Å²) in [7, 11) is 0. The average Bonchev–Trinajstić information content (AvgIpc) is 2.81. The van der Waals surface area contributed by atoms with Crippen molar-refractivity contribution in [3.63, 3.8) is 0 Å². The maximum Gasteiger partial charge on any atom is 0.0766 e. The van der Waals surface area contributed by atoms with E-state index in [1.807, 2.05) is 23.5 Å². The molecule has 0 amide bonds. The first-order valence-electron chi connectivity index (χ1n) is 7.10. The maximum absolute atomic E-state index is 5.81. The molecule has 114 valence electrons. The molecule has 1 aliphatic heterocycles. The third-order valence-electron chi connectivity index (χ3n) is 3.61. The number of aromatic nitrogens is 2. The summed E-state index contributed by atoms with van der Waals surface area (Å²) >= 11 is 7.79. The minimum atomic E-state index is 0.302. The second kappa shape index (κ2) is 8.08. The van der Waals surface area contributed by atoms with E-state index in [0.29, 0.717) is 11.3 Å². The first-order valence-corrected chi connectivity index (χ1v) is 10.1. The zero-order valence-corrected chi connectivity index (χ0v) is 15.3. The van der Waals surface area contributed by atoms with Gasteiger partial charge in [0.25, 0.3) is 0 Å². The standard InChI is InChI=1S/C13H23BrN4S2/c1-3-9-13(14)11(18(4-2)17-9)7-10(16-15)12-8-19-5-6-20-12/h10,12,16H,3-8,15H2,1-2H3. The van der Waals surface area contributed by atoms with Crippen molar-refractivity contribution in [2.75, 3.05) is 17.3 Å². The summed E-state index contributed by atoms with van der Waals surface area (Å²) in [6, 6.07) is 0.302. The molecular weight excluding hydrogens is 356 g/mol. The number of halogens is 1. The highest BCUT2D eigenvalue weighted by molar-refractivity contribution is 9.10. The van der Waals surface area contributed by atoms with E-state index in [0.717, 1.165) is 29.6 Å². The average molecular weight is 379 g/mol. The van der Waals surface area contributed by atoms with Crippen LogP contribution in [0, 0.1) is 0 Å². The summed E-state index contributed by atoms with van der Waals surface area (Å²) in [5, 5.41) is 5.25. The maximum atomic E-state index is 5.81. The summed E-state index contributed by atoms with van der Waals surface area (Å²) in [5.41, 5.74) is 5.44. The van der Waals surface area contributed by atoms with E-state index in [-0.39, 0.29) is 0 Å². The van der Waals surface area contributed by atoms with Crippen molar-refractivity contribution in [2.24, 2.45) is 5.84 Å². The smallest absolute Gasteiger partial charge is 0.0766 e. The molecule has 0 bridgehead atoms. The Hall–Kier alpha value is 0.310. The number of hydrogen-bond acceptors (Lipinski definition) is 5. The van der Waals surface area contributed by atoms with Crippen molar-refractivity contribution in [3.05, 3.63) is 15.9 Å². The number of thioether (sulfide) groups is 2. The quantitative estimate of drug-likeness (QED) is 0.588. The predicted molar refractivity (Wildman–Crippen MR) is 93.4 cm³/mol. The molecule has 4 nitrogen and oxygen atoms in total. The van der Waals surface area contributed by atoms with Crippen LogP contribution in [-0.4, -0.2) is 38.3 Å². The van der Waals surface area contributed by atoms with Gasteiger partial charge in [-0.3, -0.25) is 16.0 Å². The molecule has 7 heteroatoms. The SMILES string of the molecule is CCc1nn(CC)c(CC(NN)C2CSCCS2)c1Br. The van der Waals surface area contributed by atoms with E-state index in [1.165, 1.54) is 23.0 Å². The van der Waals surface area contributed by atoms with E-state index < -0.39 is 0 Å². The van der Waals surface area contributed by atoms with Crippen LogP contribution in [0.1, 0.15) is 25.2 Å². The molecule has 20 heavy (non-hydrogen) atoms. The number of rotatable bonds is 6. The molecule has 1 aromatic heterocycles. The minimum absolute atomic E-state index is 0.302. The number of nitrogens with zero attached hydrogens (tertiary/aromatic N) is 2. The predicted octanol–water partition coefficient (Wildman–Crippen LogP) is 2.45. The van der Waals surface area contributed by atoms with Gasteiger partial charge in [0, 0.05) is 41.5 Å². The normalized spacial score (nSPS) is 21.1. The minimum Gasteiger partial charge on any atom is -0.271 e. The fourth-order valence-corrected chi connectivity index (χ4v) is 6.05. The molecule has 0 aliphatic carbocycles. The van der Waals surface area contributed by atoms with Gasteiger partial charge in [0.05, 0.1) is 15.9 Å². The lowest BCUT2D eigenvalue weighted by Gasteiger charge is -2.29. The number of aryl methyl sites for hydroxylation is 2. The topological polar surface area (TPSA) is 55.9 Å². The number of nitrogens with two attached hydrogens (primary N) is 1. The van der Waals surface area contributed by atoms with E-state index in [4.69, 9.17) is 5.84 Å². The fraction of sp³-hybridized carbons (Fsp3) is 0.769. The van der Waals surface area contributed by atoms with Crippen LogP contribution in [0.25, 0.3) is 0 Å². The number of nitrogens with one attached hydrogen (secondary N) is 1. The molecule has 1 fully saturated rings. The van der Waals surface area contributed by atoms with E-state index in [1.54, 1.807) is 0 Å². The molecule has 1 aromatic rings. The van der Waals surface area contributed by atoms with Gasteiger partial charge in [0.2, 0.25) is 0 Å². The van der Waals surface area contributed by atoms with Crippen molar-refractivity contribution >= 4 is 39.5 Å². The van der Waals surface area contributed by atoms with Crippen LogP contribution in [0.3, 0.4) is 0 Å². The van der Waals surface area contributed by atoms with Gasteiger partial charge in [-0.25, -0.2) is 0 Å². The van der Waals surface area contributed by atoms with Gasteiger partial charge >= 0.3 is 0 Å². The summed E-state index contributed by atoms with van der Waals surface area (Å²) in [5.74, 6) is 9.48. The summed E-state index contributed by atoms with van der Waals surface area (Å²) in [6.45, 7) is 5.18. The Morgan fingerprint density at radius 1 is 1.50 bits per heavy atom. The lowest BCUT2D eigenvalue weighted by molar-refractivity contribution is 0.496. The van der Waals surface area contributed by atoms with Crippen LogP contribution in [0.2, 0.25) is 0 Å². The highest BCUT2D eigenvalue weighted by Gasteiger charge is 2.26. The van der Waals surface area contributed by atoms with Crippen molar-refractivity contribution < 1.29 is 0 Å². The van der Waals surface area contributed by atoms with Crippen molar-refractivity contribution in [3.8, 4) is 0 Å². The summed E-state index contributed by atoms with van der Waals surface area (Å²) < 4.78 is 3.27. The molecule has 2 atom stereocenters. The Labute approximate surface area is 138 Å². The van der Waals surface area contributed by atoms with Crippen LogP contribution in [0.5, 0.6) is 0 Å². The monoisotopic (exact) mass is 378 g/mol. The van der Waals surface area contributed by atoms with Gasteiger partial charge in [0.1, 0.15) is 0 Å². The molecule has 2 heterocycles. The van der Waals surface area contributed by atoms with Crippen LogP contribution < -0.4 is 11.3 Å². The second-order valence-electron chi connectivity index (χ2n) is 4.84. The molecular formula is C13H23BrN4S2. The molecule has 0 saturated carbocycles. The van der Waals surface area contributed by atoms with E-state index >= 15 is 0 Å². The fourth-order valence-electron chi connectivity index (χ4n) is 2.46. The molecule has 1 aliphatic rings. The zero-order valence-electron chi connectivity index (χ0n) is 12.1. The van der Waals surface area contributed by atoms with E-state index in [9.17, 15) is 0 Å². The van der Waals surface area contributed by atoms with Gasteiger partial charge in [-0.1, -0.05) is 6.92 Å². The van der Waals surface area contributed by atoms with Gasteiger partial charge < -0.3 is 0 Å². The van der Waals surface area contributed by atoms with Gasteiger partial charge in [0.15, 0.2) is 0 Å². The third-order valence-corrected chi connectivity index (χ3v) is 7.45. The van der Waals surface area contributed by atoms with E-state index in [2.05, 4.69) is 45.0 Å². The molecule has 2 rings (SSSR count). The first-order chi connectivity index (χ1) is 9.71. The van der Waals surface area contributed by atoms with Gasteiger partial charge in [-0.2, -0.15) is 28.6 Å². The zero-order chi connectivity index (χ0) is 14.5. The summed E-state index contributed by atoms with van der Waals surface area (Å²) in [4.78, 5) is 0. The van der Waals surface area contributed by atoms with Crippen LogP contribution in [0.15, 0.2) is 4.47 Å². The Bertz CT molecular complexity index is 432. The Morgan fingerprint density at radius 2 is 2.30 bits per heavy atom. The molecule has 0 aromatic carbocycles. The van der Waals surface area contributed by atoms with Crippen molar-refractivity contribution in [1.82, 2.24) is 15.2 Å². The highest BCUT2D eigenvalue weighted by atomic mass is 79.9. The van der Waals surface area contributed by atoms with Gasteiger partial charge in [-0.15, -0.1) is 0 Å². The van der Waals surface area contributed by atoms with Crippen LogP contribution in [-0.2, 0) is 19.4 Å². The lowest BCUT2D eigenvalue weighted by Crippen LogP contribution is -2.46. The first kappa shape index (κ1) is 16.7. The Balaban J connectivity index is 2.15. The van der Waals surface area contributed by atoms with Crippen LogP contribution in [0.4, 0.5) is 0 Å². The largest absolute Gasteiger partial charge is 0.271 e. The van der Waals surface area contributed by atoms with Crippen molar-refractivity contribution in [2.45, 2.75) is 44.5 Å².